The van der Waals surface area contributed by atoms with Crippen molar-refractivity contribution in [1.82, 2.24) is 0 Å². The molecule has 0 spiro atoms. The van der Waals surface area contributed by atoms with Crippen molar-refractivity contribution in [3.63, 3.8) is 0 Å². The van der Waals surface area contributed by atoms with E-state index in [1.165, 1.54) is 11.8 Å². The minimum Gasteiger partial charge on any atom is -0.397 e. The Balaban J connectivity index is 2.33. The number of rotatable bonds is 3. The second-order valence-electron chi connectivity index (χ2n) is 4.01. The molecule has 6 heteroatoms. The molecule has 2 aromatic carbocycles. The number of anilines is 2. The highest BCUT2D eigenvalue weighted by Gasteiger charge is 2.15. The average Bonchev–Trinajstić information content (AvgIpc) is 2.42. The van der Waals surface area contributed by atoms with Crippen LogP contribution in [0.5, 0.6) is 0 Å². The van der Waals surface area contributed by atoms with E-state index < -0.39 is 17.5 Å². The monoisotopic (exact) mass is 294 g/mol. The fourth-order valence-corrected chi connectivity index (χ4v) is 2.33. The third-order valence-electron chi connectivity index (χ3n) is 2.68. The van der Waals surface area contributed by atoms with Crippen molar-refractivity contribution >= 4 is 29.0 Å². The molecule has 1 amide bonds. The fourth-order valence-electron chi connectivity index (χ4n) is 1.74. The molecule has 0 aliphatic carbocycles. The maximum absolute atomic E-state index is 13.6. The molecule has 0 fully saturated rings. The van der Waals surface area contributed by atoms with Gasteiger partial charge in [-0.25, -0.2) is 8.78 Å². The van der Waals surface area contributed by atoms with Crippen LogP contribution in [-0.2, 0) is 0 Å². The van der Waals surface area contributed by atoms with E-state index in [1.54, 1.807) is 24.3 Å². The molecule has 20 heavy (non-hydrogen) atoms. The number of hydrogen-bond donors (Lipinski definition) is 2. The summed E-state index contributed by atoms with van der Waals surface area (Å²) in [6.07, 6.45) is 1.83. The summed E-state index contributed by atoms with van der Waals surface area (Å²) < 4.78 is 26.6. The van der Waals surface area contributed by atoms with Gasteiger partial charge in [0.1, 0.15) is 11.5 Å². The maximum atomic E-state index is 13.6. The topological polar surface area (TPSA) is 55.1 Å². The second-order valence-corrected chi connectivity index (χ2v) is 4.85. The van der Waals surface area contributed by atoms with Gasteiger partial charge in [-0.05, 0) is 24.5 Å². The summed E-state index contributed by atoms with van der Waals surface area (Å²) in [6.45, 7) is 0. The number of hydrogen-bond acceptors (Lipinski definition) is 3. The molecule has 0 aliphatic heterocycles. The summed E-state index contributed by atoms with van der Waals surface area (Å²) in [4.78, 5) is 12.9. The van der Waals surface area contributed by atoms with Crippen LogP contribution in [0.4, 0.5) is 20.2 Å². The van der Waals surface area contributed by atoms with E-state index in [2.05, 4.69) is 5.32 Å². The lowest BCUT2D eigenvalue weighted by Gasteiger charge is -2.11. The number of amides is 1. The Morgan fingerprint density at radius 3 is 2.60 bits per heavy atom. The van der Waals surface area contributed by atoms with Crippen molar-refractivity contribution in [1.29, 1.82) is 0 Å². The largest absolute Gasteiger partial charge is 0.397 e. The molecule has 0 bridgehead atoms. The van der Waals surface area contributed by atoms with Gasteiger partial charge in [0.25, 0.3) is 5.91 Å². The van der Waals surface area contributed by atoms with Crippen LogP contribution in [0.15, 0.2) is 41.3 Å². The van der Waals surface area contributed by atoms with Crippen LogP contribution in [0.2, 0.25) is 0 Å². The van der Waals surface area contributed by atoms with Crippen molar-refractivity contribution in [2.45, 2.75) is 4.90 Å². The number of nitrogens with two attached hydrogens (primary N) is 1. The number of carbonyl (C=O) groups excluding carboxylic acids is 1. The summed E-state index contributed by atoms with van der Waals surface area (Å²) >= 11 is 1.40. The first-order chi connectivity index (χ1) is 9.52. The Bertz CT molecular complexity index is 638. The molecule has 0 aliphatic rings. The molecule has 3 nitrogen and oxygen atoms in total. The quantitative estimate of drug-likeness (QED) is 0.672. The highest BCUT2D eigenvalue weighted by molar-refractivity contribution is 7.98. The zero-order valence-electron chi connectivity index (χ0n) is 10.6. The van der Waals surface area contributed by atoms with Gasteiger partial charge in [-0.1, -0.05) is 12.1 Å². The van der Waals surface area contributed by atoms with Crippen molar-refractivity contribution in [2.75, 3.05) is 17.3 Å². The van der Waals surface area contributed by atoms with E-state index in [0.717, 1.165) is 11.0 Å². The normalized spacial score (nSPS) is 10.3. The number of benzene rings is 2. The van der Waals surface area contributed by atoms with Crippen LogP contribution >= 0.6 is 11.8 Å². The zero-order valence-corrected chi connectivity index (χ0v) is 11.4. The van der Waals surface area contributed by atoms with Gasteiger partial charge in [-0.15, -0.1) is 11.8 Å². The van der Waals surface area contributed by atoms with Crippen molar-refractivity contribution in [3.8, 4) is 0 Å². The summed E-state index contributed by atoms with van der Waals surface area (Å²) in [5, 5.41) is 2.38. The smallest absolute Gasteiger partial charge is 0.256 e. The number of nitrogen functional groups attached to an aromatic ring is 1. The SMILES string of the molecule is CSc1ccccc1C(=O)Nc1c(N)cc(F)cc1F. The fraction of sp³-hybridized carbons (Fsp3) is 0.0714. The predicted octanol–water partition coefficient (Wildman–Crippen LogP) is 3.52. The molecule has 0 saturated carbocycles. The molecule has 2 rings (SSSR count). The lowest BCUT2D eigenvalue weighted by Crippen LogP contribution is -2.15. The van der Waals surface area contributed by atoms with Gasteiger partial charge in [0.05, 0.1) is 11.3 Å². The Hall–Kier alpha value is -2.08. The highest BCUT2D eigenvalue weighted by Crippen LogP contribution is 2.26. The summed E-state index contributed by atoms with van der Waals surface area (Å²) in [5.74, 6) is -2.19. The first-order valence-corrected chi connectivity index (χ1v) is 6.94. The van der Waals surface area contributed by atoms with Crippen LogP contribution in [0.3, 0.4) is 0 Å². The minimum atomic E-state index is -0.905. The summed E-state index contributed by atoms with van der Waals surface area (Å²) in [6, 6.07) is 8.54. The van der Waals surface area contributed by atoms with E-state index in [0.29, 0.717) is 11.6 Å². The van der Waals surface area contributed by atoms with Gasteiger partial charge in [0.15, 0.2) is 5.82 Å². The molecule has 0 saturated heterocycles. The van der Waals surface area contributed by atoms with Crippen molar-refractivity contribution in [2.24, 2.45) is 0 Å². The Labute approximate surface area is 119 Å². The molecule has 0 aromatic heterocycles. The molecule has 0 heterocycles. The molecular weight excluding hydrogens is 282 g/mol. The van der Waals surface area contributed by atoms with Gasteiger partial charge >= 0.3 is 0 Å². The molecule has 3 N–H and O–H groups in total. The van der Waals surface area contributed by atoms with E-state index in [9.17, 15) is 13.6 Å². The Morgan fingerprint density at radius 1 is 1.25 bits per heavy atom. The molecule has 0 atom stereocenters. The van der Waals surface area contributed by atoms with Gasteiger partial charge in [0, 0.05) is 11.0 Å². The summed E-state index contributed by atoms with van der Waals surface area (Å²) in [7, 11) is 0. The molecule has 0 unspecified atom stereocenters. The molecule has 2 aromatic rings. The van der Waals surface area contributed by atoms with Crippen molar-refractivity contribution < 1.29 is 13.6 Å². The maximum Gasteiger partial charge on any atom is 0.256 e. The molecule has 104 valence electrons. The lowest BCUT2D eigenvalue weighted by molar-refractivity contribution is 0.102. The van der Waals surface area contributed by atoms with Crippen LogP contribution in [0, 0.1) is 11.6 Å². The predicted molar refractivity (Wildman–Crippen MR) is 76.9 cm³/mol. The number of nitrogens with one attached hydrogen (secondary N) is 1. The van der Waals surface area contributed by atoms with Gasteiger partial charge in [0.2, 0.25) is 0 Å². The molecule has 0 radical (unpaired) electrons. The number of carbonyl (C=O) groups is 1. The van der Waals surface area contributed by atoms with Crippen molar-refractivity contribution in [3.05, 3.63) is 53.6 Å². The van der Waals surface area contributed by atoms with E-state index >= 15 is 0 Å². The molecular formula is C14H12F2N2OS. The Kier molecular flexibility index (Phi) is 4.24. The Morgan fingerprint density at radius 2 is 1.95 bits per heavy atom. The van der Waals surface area contributed by atoms with Gasteiger partial charge in [-0.2, -0.15) is 0 Å². The van der Waals surface area contributed by atoms with E-state index in [4.69, 9.17) is 5.73 Å². The first-order valence-electron chi connectivity index (χ1n) is 5.72. The third-order valence-corrected chi connectivity index (χ3v) is 3.47. The summed E-state index contributed by atoms with van der Waals surface area (Å²) in [5.41, 5.74) is 5.55. The first kappa shape index (κ1) is 14.3. The van der Waals surface area contributed by atoms with Gasteiger partial charge in [-0.3, -0.25) is 4.79 Å². The zero-order chi connectivity index (χ0) is 14.7. The third kappa shape index (κ3) is 2.91. The second kappa shape index (κ2) is 5.92. The van der Waals surface area contributed by atoms with E-state index in [-0.39, 0.29) is 11.4 Å². The minimum absolute atomic E-state index is 0.155. The standard InChI is InChI=1S/C14H12F2N2OS/c1-20-12-5-3-2-4-9(12)14(19)18-13-10(16)6-8(15)7-11(13)17/h2-7H,17H2,1H3,(H,18,19). The van der Waals surface area contributed by atoms with Gasteiger partial charge < -0.3 is 11.1 Å². The average molecular weight is 294 g/mol. The van der Waals surface area contributed by atoms with Crippen LogP contribution in [0.25, 0.3) is 0 Å². The lowest BCUT2D eigenvalue weighted by atomic mass is 10.2. The van der Waals surface area contributed by atoms with Crippen LogP contribution in [-0.4, -0.2) is 12.2 Å². The number of thioether (sulfide) groups is 1. The highest BCUT2D eigenvalue weighted by atomic mass is 32.2. The number of halogens is 2. The van der Waals surface area contributed by atoms with E-state index in [1.807, 2.05) is 6.26 Å². The van der Waals surface area contributed by atoms with Crippen LogP contribution in [0.1, 0.15) is 10.4 Å². The van der Waals surface area contributed by atoms with Crippen LogP contribution < -0.4 is 11.1 Å².